The molecule has 0 fully saturated rings. The number of aromatic nitrogens is 4. The van der Waals surface area contributed by atoms with Crippen molar-refractivity contribution in [3.05, 3.63) is 84.4 Å². The van der Waals surface area contributed by atoms with Gasteiger partial charge in [-0.05, 0) is 25.0 Å². The fourth-order valence-corrected chi connectivity index (χ4v) is 5.49. The minimum Gasteiger partial charge on any atom is -1.00 e. The van der Waals surface area contributed by atoms with E-state index in [1.807, 2.05) is 0 Å². The summed E-state index contributed by atoms with van der Waals surface area (Å²) in [6, 6.07) is 21.7. The molecule has 6 heteroatoms. The molecule has 4 nitrogen and oxygen atoms in total. The van der Waals surface area contributed by atoms with Crippen molar-refractivity contribution in [2.75, 3.05) is 0 Å². The molecule has 6 rings (SSSR count). The zero-order valence-electron chi connectivity index (χ0n) is 20.8. The third kappa shape index (κ3) is 4.69. The van der Waals surface area contributed by atoms with Gasteiger partial charge in [0, 0.05) is 71.4 Å². The largest absolute Gasteiger partial charge is 1.00 e. The Hall–Kier alpha value is -2.70. The predicted octanol–water partition coefficient (Wildman–Crippen LogP) is 0.416. The van der Waals surface area contributed by atoms with E-state index in [4.69, 9.17) is 0 Å². The average Bonchev–Trinajstić information content (AvgIpc) is 3.43. The highest BCUT2D eigenvalue weighted by Crippen LogP contribution is 2.26. The highest BCUT2D eigenvalue weighted by atomic mass is 79.9. The summed E-state index contributed by atoms with van der Waals surface area (Å²) in [5.41, 5.74) is 7.62. The van der Waals surface area contributed by atoms with Crippen molar-refractivity contribution in [2.45, 2.75) is 52.6 Å². The Kier molecular flexibility index (Phi) is 8.16. The van der Waals surface area contributed by atoms with E-state index in [-0.39, 0.29) is 34.0 Å². The second-order valence-electron chi connectivity index (χ2n) is 9.52. The number of nitrogens with one attached hydrogen (secondary N) is 2. The molecule has 0 aliphatic carbocycles. The molecule has 2 aromatic carbocycles. The maximum atomic E-state index is 3.62. The number of hydrogen-bond acceptors (Lipinski definition) is 0. The van der Waals surface area contributed by atoms with E-state index >= 15 is 0 Å². The number of rotatable bonds is 7. The molecule has 0 aliphatic rings. The van der Waals surface area contributed by atoms with Crippen LogP contribution in [0.1, 0.15) is 37.1 Å². The molecule has 0 saturated carbocycles. The van der Waals surface area contributed by atoms with Gasteiger partial charge >= 0.3 is 0 Å². The van der Waals surface area contributed by atoms with Gasteiger partial charge in [0.2, 0.25) is 11.4 Å². The minimum atomic E-state index is 0. The molecule has 0 spiro atoms. The van der Waals surface area contributed by atoms with Gasteiger partial charge in [-0.25, -0.2) is 9.13 Å². The van der Waals surface area contributed by atoms with Crippen molar-refractivity contribution in [3.63, 3.8) is 0 Å². The lowest BCUT2D eigenvalue weighted by atomic mass is 10.1. The van der Waals surface area contributed by atoms with Gasteiger partial charge < -0.3 is 43.9 Å². The summed E-state index contributed by atoms with van der Waals surface area (Å²) in [6.07, 6.45) is 9.44. The molecule has 0 bridgehead atoms. The van der Waals surface area contributed by atoms with Gasteiger partial charge in [0.1, 0.15) is 24.1 Å². The maximum absolute atomic E-state index is 3.62. The number of aryl methyl sites for hydroxylation is 4. The first-order chi connectivity index (χ1) is 16.7. The normalized spacial score (nSPS) is 11.3. The van der Waals surface area contributed by atoms with Crippen LogP contribution in [0.4, 0.5) is 0 Å². The minimum absolute atomic E-state index is 0. The van der Waals surface area contributed by atoms with Crippen LogP contribution in [-0.2, 0) is 13.1 Å². The molecular formula is C30H32Br2N4. The van der Waals surface area contributed by atoms with Gasteiger partial charge in [-0.3, -0.25) is 0 Å². The highest BCUT2D eigenvalue weighted by molar-refractivity contribution is 6.08. The number of fused-ring (bicyclic) bond motifs is 6. The van der Waals surface area contributed by atoms with Crippen molar-refractivity contribution in [3.8, 4) is 0 Å². The summed E-state index contributed by atoms with van der Waals surface area (Å²) in [6.45, 7) is 6.61. The molecule has 186 valence electrons. The first-order valence-corrected chi connectivity index (χ1v) is 12.5. The number of pyridine rings is 2. The molecule has 0 radical (unpaired) electrons. The van der Waals surface area contributed by atoms with E-state index in [1.54, 1.807) is 0 Å². The van der Waals surface area contributed by atoms with Gasteiger partial charge in [-0.1, -0.05) is 36.4 Å². The lowest BCUT2D eigenvalue weighted by molar-refractivity contribution is -0.703. The molecule has 4 heterocycles. The number of para-hydroxylation sites is 2. The average molecular weight is 608 g/mol. The molecule has 4 aromatic heterocycles. The van der Waals surface area contributed by atoms with Crippen molar-refractivity contribution in [1.29, 1.82) is 0 Å². The number of H-pyrrole nitrogens is 2. The van der Waals surface area contributed by atoms with Gasteiger partial charge in [0.15, 0.2) is 12.4 Å². The zero-order valence-corrected chi connectivity index (χ0v) is 24.0. The predicted molar refractivity (Wildman–Crippen MR) is 140 cm³/mol. The summed E-state index contributed by atoms with van der Waals surface area (Å²) in [5.74, 6) is 0. The standard InChI is InChI=1S/C30H30N4.2BrH/c1-21-29-25(23-11-5-7-13-27(23)31-29)15-19-33(21)17-9-3-4-10-18-34-20-16-26-24-12-6-8-14-28(24)32-30(26)22(34)2;;/h5-8,11-16,19-20H,3-4,9-10,17-18H2,1-2H3;2*1H. The van der Waals surface area contributed by atoms with Gasteiger partial charge in [0.25, 0.3) is 0 Å². The lowest BCUT2D eigenvalue weighted by Crippen LogP contribution is -3.00. The molecule has 0 unspecified atom stereocenters. The summed E-state index contributed by atoms with van der Waals surface area (Å²) in [4.78, 5) is 7.23. The van der Waals surface area contributed by atoms with E-state index in [2.05, 4.69) is 106 Å². The Morgan fingerprint density at radius 1 is 0.528 bits per heavy atom. The number of halogens is 2. The van der Waals surface area contributed by atoms with E-state index in [9.17, 15) is 0 Å². The summed E-state index contributed by atoms with van der Waals surface area (Å²) in [5, 5.41) is 5.27. The number of nitrogens with zero attached hydrogens (tertiary/aromatic N) is 2. The molecule has 0 aliphatic heterocycles. The van der Waals surface area contributed by atoms with Crippen LogP contribution in [0.3, 0.4) is 0 Å². The van der Waals surface area contributed by atoms with Crippen molar-refractivity contribution >= 4 is 43.6 Å². The molecular weight excluding hydrogens is 576 g/mol. The second-order valence-corrected chi connectivity index (χ2v) is 9.52. The molecule has 0 atom stereocenters. The Morgan fingerprint density at radius 3 is 1.39 bits per heavy atom. The Balaban J connectivity index is 0.00000152. The number of hydrogen-bond donors (Lipinski definition) is 2. The Bertz CT molecular complexity index is 1520. The number of aromatic amines is 2. The van der Waals surface area contributed by atoms with Crippen molar-refractivity contribution in [2.24, 2.45) is 0 Å². The molecule has 6 aromatic rings. The van der Waals surface area contributed by atoms with Crippen LogP contribution in [0.15, 0.2) is 73.1 Å². The van der Waals surface area contributed by atoms with Crippen LogP contribution in [0, 0.1) is 13.8 Å². The second kappa shape index (κ2) is 11.1. The smallest absolute Gasteiger partial charge is 0.202 e. The van der Waals surface area contributed by atoms with Crippen LogP contribution in [-0.4, -0.2) is 9.97 Å². The summed E-state index contributed by atoms with van der Waals surface area (Å²) < 4.78 is 4.81. The monoisotopic (exact) mass is 606 g/mol. The third-order valence-electron chi connectivity index (χ3n) is 7.47. The van der Waals surface area contributed by atoms with Crippen molar-refractivity contribution < 1.29 is 43.1 Å². The van der Waals surface area contributed by atoms with Gasteiger partial charge in [0.05, 0.1) is 0 Å². The zero-order chi connectivity index (χ0) is 23.1. The van der Waals surface area contributed by atoms with Crippen LogP contribution in [0.5, 0.6) is 0 Å². The topological polar surface area (TPSA) is 39.3 Å². The fraction of sp³-hybridized carbons (Fsp3) is 0.267. The molecule has 0 saturated heterocycles. The Morgan fingerprint density at radius 2 is 0.944 bits per heavy atom. The third-order valence-corrected chi connectivity index (χ3v) is 7.47. The Labute approximate surface area is 232 Å². The van der Waals surface area contributed by atoms with Crippen LogP contribution < -0.4 is 43.1 Å². The number of benzene rings is 2. The highest BCUT2D eigenvalue weighted by Gasteiger charge is 2.16. The fourth-order valence-electron chi connectivity index (χ4n) is 5.49. The first-order valence-electron chi connectivity index (χ1n) is 12.5. The van der Waals surface area contributed by atoms with E-state index in [0.29, 0.717) is 0 Å². The lowest BCUT2D eigenvalue weighted by Gasteiger charge is -2.04. The van der Waals surface area contributed by atoms with Crippen molar-refractivity contribution in [1.82, 2.24) is 9.97 Å². The van der Waals surface area contributed by atoms with E-state index < -0.39 is 0 Å². The summed E-state index contributed by atoms with van der Waals surface area (Å²) in [7, 11) is 0. The van der Waals surface area contributed by atoms with E-state index in [1.165, 1.54) is 80.7 Å². The van der Waals surface area contributed by atoms with Crippen LogP contribution in [0.2, 0.25) is 0 Å². The molecule has 2 N–H and O–H groups in total. The quantitative estimate of drug-likeness (QED) is 0.195. The van der Waals surface area contributed by atoms with Gasteiger partial charge in [-0.15, -0.1) is 0 Å². The SMILES string of the molecule is Cc1c2[nH]c3ccccc3c2cc[n+]1CCCCCC[n+]1ccc2c([nH]c3ccccc32)c1C.[Br-].[Br-]. The van der Waals surface area contributed by atoms with Crippen LogP contribution >= 0.6 is 0 Å². The summed E-state index contributed by atoms with van der Waals surface area (Å²) >= 11 is 0. The van der Waals surface area contributed by atoms with Gasteiger partial charge in [-0.2, -0.15) is 0 Å². The van der Waals surface area contributed by atoms with E-state index in [0.717, 1.165) is 13.1 Å². The molecule has 0 amide bonds. The first kappa shape index (κ1) is 26.4. The number of unbranched alkanes of at least 4 members (excludes halogenated alkanes) is 3. The maximum Gasteiger partial charge on any atom is 0.202 e. The van der Waals surface area contributed by atoms with Crippen LogP contribution in [0.25, 0.3) is 43.6 Å². The molecule has 36 heavy (non-hydrogen) atoms.